The Bertz CT molecular complexity index is 1350. The second kappa shape index (κ2) is 15.8. The van der Waals surface area contributed by atoms with Crippen molar-refractivity contribution >= 4 is 36.7 Å². The number of aliphatic hydroxyl groups is 2. The van der Waals surface area contributed by atoms with Crippen LogP contribution in [-0.2, 0) is 32.9 Å². The summed E-state index contributed by atoms with van der Waals surface area (Å²) in [5, 5.41) is 28.1. The molecule has 0 bridgehead atoms. The van der Waals surface area contributed by atoms with E-state index in [0.29, 0.717) is 0 Å². The second-order valence-corrected chi connectivity index (χ2v) is 14.0. The Morgan fingerprint density at radius 1 is 1.09 bits per heavy atom. The molecule has 2 unspecified atom stereocenters. The van der Waals surface area contributed by atoms with Gasteiger partial charge in [-0.3, -0.25) is 18.7 Å². The van der Waals surface area contributed by atoms with E-state index in [9.17, 15) is 24.4 Å². The summed E-state index contributed by atoms with van der Waals surface area (Å²) in [6.45, 7) is 11.8. The van der Waals surface area contributed by atoms with Crippen LogP contribution in [0.15, 0.2) is 6.33 Å². The molecule has 2 aromatic rings. The molecular formula is C28H48N7O10P. The highest BCUT2D eigenvalue weighted by Gasteiger charge is 2.54. The number of carbonyl (C=O) groups excluding carboxylic acids is 2. The molecule has 260 valence electrons. The molecular weight excluding hydrogens is 625 g/mol. The van der Waals surface area contributed by atoms with E-state index >= 15 is 0 Å². The molecule has 17 nitrogen and oxygen atoms in total. The Hall–Kier alpha value is -2.92. The number of hydrogen-bond acceptors (Lipinski definition) is 14. The molecule has 1 saturated heterocycles. The largest absolute Gasteiger partial charge is 0.479 e. The van der Waals surface area contributed by atoms with Gasteiger partial charge in [0, 0.05) is 0 Å². The molecule has 6 atom stereocenters. The number of nitrogens with zero attached hydrogens (tertiary/aromatic N) is 4. The fourth-order valence-electron chi connectivity index (χ4n) is 5.13. The van der Waals surface area contributed by atoms with Gasteiger partial charge in [0.15, 0.2) is 17.4 Å². The highest BCUT2D eigenvalue weighted by Crippen LogP contribution is 2.45. The van der Waals surface area contributed by atoms with Gasteiger partial charge in [-0.15, -0.1) is 0 Å². The molecule has 2 aromatic heterocycles. The number of nitrogen functional groups attached to an aromatic ring is 1. The van der Waals surface area contributed by atoms with Gasteiger partial charge in [0.2, 0.25) is 11.8 Å². The molecule has 0 saturated carbocycles. The van der Waals surface area contributed by atoms with Crippen molar-refractivity contribution in [3.63, 3.8) is 0 Å². The van der Waals surface area contributed by atoms with Crippen LogP contribution in [0, 0.1) is 11.8 Å². The zero-order valence-corrected chi connectivity index (χ0v) is 28.5. The van der Waals surface area contributed by atoms with Crippen LogP contribution < -0.4 is 20.6 Å². The van der Waals surface area contributed by atoms with Gasteiger partial charge in [-0.25, -0.2) is 15.2 Å². The Labute approximate surface area is 268 Å². The van der Waals surface area contributed by atoms with E-state index in [-0.39, 0.29) is 60.9 Å². The summed E-state index contributed by atoms with van der Waals surface area (Å²) in [6.07, 6.45) is -2.24. The van der Waals surface area contributed by atoms with Crippen molar-refractivity contribution in [1.82, 2.24) is 29.7 Å². The minimum Gasteiger partial charge on any atom is -0.479 e. The molecule has 0 radical (unpaired) electrons. The van der Waals surface area contributed by atoms with E-state index < -0.39 is 62.3 Å². The number of anilines is 1. The summed E-state index contributed by atoms with van der Waals surface area (Å²) >= 11 is 0. The van der Waals surface area contributed by atoms with Crippen molar-refractivity contribution in [2.45, 2.75) is 97.4 Å². The Morgan fingerprint density at radius 2 is 1.63 bits per heavy atom. The van der Waals surface area contributed by atoms with Crippen molar-refractivity contribution in [2.24, 2.45) is 11.8 Å². The average molecular weight is 674 g/mol. The molecule has 0 amide bonds. The first-order valence-electron chi connectivity index (χ1n) is 15.3. The number of esters is 2. The van der Waals surface area contributed by atoms with Gasteiger partial charge >= 0.3 is 19.6 Å². The molecule has 46 heavy (non-hydrogen) atoms. The molecule has 1 fully saturated rings. The van der Waals surface area contributed by atoms with Crippen molar-refractivity contribution in [3.8, 4) is 5.88 Å². The summed E-state index contributed by atoms with van der Waals surface area (Å²) in [6, 6.07) is -2.13. The van der Waals surface area contributed by atoms with Crippen LogP contribution in [-0.4, -0.2) is 98.5 Å². The maximum Gasteiger partial charge on any atom is 0.342 e. The highest BCUT2D eigenvalue weighted by atomic mass is 31.2. The third-order valence-corrected chi connectivity index (χ3v) is 9.05. The number of methoxy groups -OCH3 is 1. The van der Waals surface area contributed by atoms with Gasteiger partial charge in [-0.05, 0) is 45.4 Å². The molecule has 0 spiro atoms. The molecule has 0 aromatic carbocycles. The third-order valence-electron chi connectivity index (χ3n) is 7.24. The van der Waals surface area contributed by atoms with Crippen LogP contribution in [0.1, 0.15) is 67.5 Å². The maximum absolute atomic E-state index is 14.5. The van der Waals surface area contributed by atoms with Crippen LogP contribution in [0.3, 0.4) is 0 Å². The zero-order valence-electron chi connectivity index (χ0n) is 27.6. The van der Waals surface area contributed by atoms with Crippen molar-refractivity contribution in [1.29, 1.82) is 0 Å². The quantitative estimate of drug-likeness (QED) is 0.119. The molecule has 3 rings (SSSR count). The first-order valence-corrected chi connectivity index (χ1v) is 16.9. The number of rotatable bonds is 17. The predicted molar refractivity (Wildman–Crippen MR) is 166 cm³/mol. The molecule has 18 heteroatoms. The van der Waals surface area contributed by atoms with Crippen molar-refractivity contribution in [2.75, 3.05) is 32.7 Å². The van der Waals surface area contributed by atoms with Crippen LogP contribution in [0.5, 0.6) is 5.88 Å². The van der Waals surface area contributed by atoms with Crippen molar-refractivity contribution < 1.29 is 47.8 Å². The summed E-state index contributed by atoms with van der Waals surface area (Å²) in [7, 11) is -2.91. The Kier molecular flexibility index (Phi) is 12.9. The second-order valence-electron chi connectivity index (χ2n) is 12.1. The van der Waals surface area contributed by atoms with E-state index in [2.05, 4.69) is 25.1 Å². The number of nitrogens with one attached hydrogen (secondary N) is 2. The van der Waals surface area contributed by atoms with E-state index in [1.807, 2.05) is 27.7 Å². The molecule has 6 N–H and O–H groups in total. The number of ether oxygens (including phenoxy) is 4. The topological polar surface area (TPSA) is 232 Å². The molecule has 3 heterocycles. The number of nitrogens with two attached hydrogens (primary N) is 1. The van der Waals surface area contributed by atoms with E-state index in [1.54, 1.807) is 13.8 Å². The van der Waals surface area contributed by atoms with Gasteiger partial charge < -0.3 is 39.4 Å². The minimum atomic E-state index is -4.30. The first-order chi connectivity index (χ1) is 21.6. The monoisotopic (exact) mass is 673 g/mol. The minimum absolute atomic E-state index is 0.0100. The molecule has 0 aliphatic carbocycles. The van der Waals surface area contributed by atoms with Crippen LogP contribution in [0.25, 0.3) is 11.2 Å². The number of imidazole rings is 1. The summed E-state index contributed by atoms with van der Waals surface area (Å²) < 4.78 is 43.5. The predicted octanol–water partition coefficient (Wildman–Crippen LogP) is 1.69. The third kappa shape index (κ3) is 8.91. The number of fused-ring (bicyclic) bond motifs is 1. The lowest BCUT2D eigenvalue weighted by Gasteiger charge is -2.30. The fourth-order valence-corrected chi connectivity index (χ4v) is 6.95. The number of carbonyl (C=O) groups is 2. The van der Waals surface area contributed by atoms with Gasteiger partial charge in [0.05, 0.1) is 33.3 Å². The normalized spacial score (nSPS) is 23.2. The standard InChI is InChI=1S/C28H48N7O10P/c1-9-42-24(37)17(11-15(3)4)33-46(40,34-18(12-16(5)6)25(38)43-10-2)44-13-19-21(36)28(7,39)26(45-19)35-14-30-20-22(35)31-27(29)32-23(20)41-8/h14-19,21,26,36,39H,9-13H2,1-8H3,(H2,29,31,32)(H2,33,34,40)/t17-,18-,19+,21?,26?,28-/m0/s1. The maximum atomic E-state index is 14.5. The van der Waals surface area contributed by atoms with E-state index in [4.69, 9.17) is 29.2 Å². The van der Waals surface area contributed by atoms with E-state index in [1.165, 1.54) is 24.9 Å². The Balaban J connectivity index is 1.94. The van der Waals surface area contributed by atoms with Gasteiger partial charge in [0.1, 0.15) is 29.9 Å². The summed E-state index contributed by atoms with van der Waals surface area (Å²) in [4.78, 5) is 38.2. The van der Waals surface area contributed by atoms with Gasteiger partial charge in [-0.2, -0.15) is 9.97 Å². The summed E-state index contributed by atoms with van der Waals surface area (Å²) in [5.74, 6) is -1.33. The Morgan fingerprint density at radius 3 is 2.11 bits per heavy atom. The lowest BCUT2D eigenvalue weighted by atomic mass is 9.96. The number of aromatic nitrogens is 4. The van der Waals surface area contributed by atoms with E-state index in [0.717, 1.165) is 0 Å². The van der Waals surface area contributed by atoms with Crippen LogP contribution >= 0.6 is 7.67 Å². The lowest BCUT2D eigenvalue weighted by molar-refractivity contribution is -0.146. The number of aliphatic hydroxyl groups excluding tert-OH is 1. The van der Waals surface area contributed by atoms with Crippen LogP contribution in [0.4, 0.5) is 5.95 Å². The van der Waals surface area contributed by atoms with Crippen molar-refractivity contribution in [3.05, 3.63) is 6.33 Å². The zero-order chi connectivity index (χ0) is 34.4. The van der Waals surface area contributed by atoms with Gasteiger partial charge in [-0.1, -0.05) is 27.7 Å². The first kappa shape index (κ1) is 37.5. The average Bonchev–Trinajstić information content (AvgIpc) is 3.47. The van der Waals surface area contributed by atoms with Crippen LogP contribution in [0.2, 0.25) is 0 Å². The highest BCUT2D eigenvalue weighted by molar-refractivity contribution is 7.54. The number of hydrogen-bond donors (Lipinski definition) is 5. The lowest BCUT2D eigenvalue weighted by Crippen LogP contribution is -2.47. The molecule has 1 aliphatic rings. The fraction of sp³-hybridized carbons (Fsp3) is 0.750. The smallest absolute Gasteiger partial charge is 0.342 e. The summed E-state index contributed by atoms with van der Waals surface area (Å²) in [5.41, 5.74) is 4.34. The SMILES string of the molecule is CCOC(=O)[C@H](CC(C)C)NP(=O)(N[C@@H](CC(C)C)C(=O)OCC)OC[C@H]1OC(n2cnc3c(OC)nc(N)nc32)[C@@](C)(O)C1O. The van der Waals surface area contributed by atoms with Gasteiger partial charge in [0.25, 0.3) is 0 Å². The molecule has 1 aliphatic heterocycles.